The van der Waals surface area contributed by atoms with E-state index >= 15 is 0 Å². The number of ether oxygens (including phenoxy) is 3. The van der Waals surface area contributed by atoms with E-state index in [0.717, 1.165) is 29.9 Å². The van der Waals surface area contributed by atoms with Crippen molar-refractivity contribution in [3.05, 3.63) is 23.8 Å². The molecule has 1 amide bonds. The van der Waals surface area contributed by atoms with Gasteiger partial charge < -0.3 is 24.8 Å². The molecule has 6 heteroatoms. The third-order valence-electron chi connectivity index (χ3n) is 5.88. The SMILES string of the molecule is COC(=O)N1C[C@@H](c2ccc(OC)c(OC3CCCC3)c2)[C@](C)(CN)C1. The number of methoxy groups -OCH3 is 2. The van der Waals surface area contributed by atoms with E-state index in [9.17, 15) is 4.79 Å². The molecular formula is C20H30N2O4. The molecule has 2 fully saturated rings. The summed E-state index contributed by atoms with van der Waals surface area (Å²) in [5.41, 5.74) is 7.01. The van der Waals surface area contributed by atoms with Gasteiger partial charge in [-0.15, -0.1) is 0 Å². The lowest BCUT2D eigenvalue weighted by Gasteiger charge is -2.29. The number of likely N-dealkylation sites (tertiary alicyclic amines) is 1. The average molecular weight is 362 g/mol. The summed E-state index contributed by atoms with van der Waals surface area (Å²) in [5, 5.41) is 0. The van der Waals surface area contributed by atoms with Gasteiger partial charge >= 0.3 is 6.09 Å². The highest BCUT2D eigenvalue weighted by Crippen LogP contribution is 2.44. The molecule has 1 heterocycles. The summed E-state index contributed by atoms with van der Waals surface area (Å²) in [6.45, 7) is 3.81. The quantitative estimate of drug-likeness (QED) is 0.871. The second-order valence-electron chi connectivity index (χ2n) is 7.70. The van der Waals surface area contributed by atoms with Crippen molar-refractivity contribution in [2.24, 2.45) is 11.1 Å². The molecule has 1 saturated heterocycles. The van der Waals surface area contributed by atoms with Crippen LogP contribution in [0.15, 0.2) is 18.2 Å². The molecule has 2 atom stereocenters. The monoisotopic (exact) mass is 362 g/mol. The van der Waals surface area contributed by atoms with Gasteiger partial charge in [-0.2, -0.15) is 0 Å². The van der Waals surface area contributed by atoms with Crippen molar-refractivity contribution in [2.75, 3.05) is 33.9 Å². The Morgan fingerprint density at radius 2 is 2.00 bits per heavy atom. The second-order valence-corrected chi connectivity index (χ2v) is 7.70. The van der Waals surface area contributed by atoms with Crippen LogP contribution in [0.25, 0.3) is 0 Å². The molecule has 2 N–H and O–H groups in total. The Labute approximate surface area is 155 Å². The zero-order chi connectivity index (χ0) is 18.7. The fourth-order valence-electron chi connectivity index (χ4n) is 4.22. The van der Waals surface area contributed by atoms with Crippen LogP contribution in [0, 0.1) is 5.41 Å². The number of benzene rings is 1. The van der Waals surface area contributed by atoms with Gasteiger partial charge in [-0.05, 0) is 43.4 Å². The van der Waals surface area contributed by atoms with Gasteiger partial charge in [0.15, 0.2) is 11.5 Å². The normalized spacial score (nSPS) is 26.2. The van der Waals surface area contributed by atoms with E-state index in [2.05, 4.69) is 19.1 Å². The molecule has 0 spiro atoms. The van der Waals surface area contributed by atoms with Crippen molar-refractivity contribution in [1.29, 1.82) is 0 Å². The van der Waals surface area contributed by atoms with E-state index in [-0.39, 0.29) is 23.5 Å². The Kier molecular flexibility index (Phi) is 5.61. The van der Waals surface area contributed by atoms with Crippen LogP contribution in [0.2, 0.25) is 0 Å². The van der Waals surface area contributed by atoms with Gasteiger partial charge in [0.25, 0.3) is 0 Å². The topological polar surface area (TPSA) is 74.0 Å². The van der Waals surface area contributed by atoms with Crippen LogP contribution in [-0.4, -0.2) is 51.0 Å². The summed E-state index contributed by atoms with van der Waals surface area (Å²) in [6, 6.07) is 6.08. The Hall–Kier alpha value is -1.95. The van der Waals surface area contributed by atoms with Gasteiger partial charge in [0, 0.05) is 31.0 Å². The average Bonchev–Trinajstić information content (AvgIpc) is 3.29. The maximum Gasteiger partial charge on any atom is 0.409 e. The van der Waals surface area contributed by atoms with E-state index in [4.69, 9.17) is 19.9 Å². The van der Waals surface area contributed by atoms with E-state index in [0.29, 0.717) is 19.6 Å². The second kappa shape index (κ2) is 7.74. The predicted octanol–water partition coefficient (Wildman–Crippen LogP) is 3.15. The fourth-order valence-corrected chi connectivity index (χ4v) is 4.22. The fraction of sp³-hybridized carbons (Fsp3) is 0.650. The number of nitrogens with two attached hydrogens (primary N) is 1. The Morgan fingerprint density at radius 3 is 2.62 bits per heavy atom. The minimum absolute atomic E-state index is 0.128. The van der Waals surface area contributed by atoms with E-state index < -0.39 is 0 Å². The van der Waals surface area contributed by atoms with Crippen molar-refractivity contribution in [1.82, 2.24) is 4.90 Å². The van der Waals surface area contributed by atoms with Gasteiger partial charge in [-0.25, -0.2) is 4.79 Å². The van der Waals surface area contributed by atoms with Crippen LogP contribution in [0.4, 0.5) is 4.79 Å². The third kappa shape index (κ3) is 3.61. The van der Waals surface area contributed by atoms with Crippen molar-refractivity contribution in [3.8, 4) is 11.5 Å². The van der Waals surface area contributed by atoms with Gasteiger partial charge in [-0.3, -0.25) is 0 Å². The number of rotatable bonds is 5. The molecule has 0 aromatic heterocycles. The molecule has 1 aliphatic heterocycles. The maximum absolute atomic E-state index is 12.0. The Bertz CT molecular complexity index is 645. The highest BCUT2D eigenvalue weighted by molar-refractivity contribution is 5.68. The molecule has 0 unspecified atom stereocenters. The molecule has 3 rings (SSSR count). The van der Waals surface area contributed by atoms with Gasteiger partial charge in [-0.1, -0.05) is 13.0 Å². The predicted molar refractivity (Wildman–Crippen MR) is 99.8 cm³/mol. The lowest BCUT2D eigenvalue weighted by Crippen LogP contribution is -2.35. The molecule has 6 nitrogen and oxygen atoms in total. The van der Waals surface area contributed by atoms with Crippen molar-refractivity contribution >= 4 is 6.09 Å². The van der Waals surface area contributed by atoms with Gasteiger partial charge in [0.1, 0.15) is 0 Å². The molecule has 0 bridgehead atoms. The molecule has 144 valence electrons. The van der Waals surface area contributed by atoms with Crippen LogP contribution < -0.4 is 15.2 Å². The van der Waals surface area contributed by atoms with E-state index in [1.165, 1.54) is 20.0 Å². The van der Waals surface area contributed by atoms with Crippen LogP contribution in [-0.2, 0) is 4.74 Å². The Morgan fingerprint density at radius 1 is 1.27 bits per heavy atom. The largest absolute Gasteiger partial charge is 0.493 e. The Balaban J connectivity index is 1.88. The summed E-state index contributed by atoms with van der Waals surface area (Å²) in [5.74, 6) is 1.66. The molecule has 1 aromatic carbocycles. The first-order chi connectivity index (χ1) is 12.5. The van der Waals surface area contributed by atoms with E-state index in [1.54, 1.807) is 12.0 Å². The van der Waals surface area contributed by atoms with Gasteiger partial charge in [0.05, 0.1) is 20.3 Å². The zero-order valence-electron chi connectivity index (χ0n) is 16.0. The third-order valence-corrected chi connectivity index (χ3v) is 5.88. The molecule has 1 saturated carbocycles. The highest BCUT2D eigenvalue weighted by atomic mass is 16.5. The lowest BCUT2D eigenvalue weighted by molar-refractivity contribution is 0.128. The first-order valence-electron chi connectivity index (χ1n) is 9.38. The highest BCUT2D eigenvalue weighted by Gasteiger charge is 2.45. The molecule has 1 aliphatic carbocycles. The zero-order valence-corrected chi connectivity index (χ0v) is 16.0. The molecule has 1 aromatic rings. The van der Waals surface area contributed by atoms with Gasteiger partial charge in [0.2, 0.25) is 0 Å². The summed E-state index contributed by atoms with van der Waals surface area (Å²) >= 11 is 0. The van der Waals surface area contributed by atoms with E-state index in [1.807, 2.05) is 6.07 Å². The standard InChI is InChI=1S/C20H30N2O4/c1-20(12-21)13-22(19(23)25-3)11-16(20)14-8-9-17(24-2)18(10-14)26-15-6-4-5-7-15/h8-10,15-16H,4-7,11-13,21H2,1-3H3/t16-,20+/m0/s1. The van der Waals surface area contributed by atoms with Crippen molar-refractivity contribution < 1.29 is 19.0 Å². The number of nitrogens with zero attached hydrogens (tertiary/aromatic N) is 1. The van der Waals surface area contributed by atoms with Crippen molar-refractivity contribution in [2.45, 2.75) is 44.6 Å². The summed E-state index contributed by atoms with van der Waals surface area (Å²) in [4.78, 5) is 13.7. The first kappa shape index (κ1) is 18.8. The molecular weight excluding hydrogens is 332 g/mol. The van der Waals surface area contributed by atoms with Crippen LogP contribution >= 0.6 is 0 Å². The summed E-state index contributed by atoms with van der Waals surface area (Å²) in [6.07, 6.45) is 4.57. The minimum Gasteiger partial charge on any atom is -0.493 e. The lowest BCUT2D eigenvalue weighted by atomic mass is 9.76. The van der Waals surface area contributed by atoms with Crippen LogP contribution in [0.5, 0.6) is 11.5 Å². The maximum atomic E-state index is 12.0. The van der Waals surface area contributed by atoms with Crippen molar-refractivity contribution in [3.63, 3.8) is 0 Å². The number of carbonyl (C=O) groups is 1. The number of amides is 1. The molecule has 2 aliphatic rings. The van der Waals surface area contributed by atoms with Crippen LogP contribution in [0.1, 0.15) is 44.1 Å². The summed E-state index contributed by atoms with van der Waals surface area (Å²) in [7, 11) is 3.07. The first-order valence-corrected chi connectivity index (χ1v) is 9.38. The van der Waals surface area contributed by atoms with Crippen LogP contribution in [0.3, 0.4) is 0 Å². The molecule has 26 heavy (non-hydrogen) atoms. The summed E-state index contributed by atoms with van der Waals surface area (Å²) < 4.78 is 16.6. The number of carbonyl (C=O) groups excluding carboxylic acids is 1. The smallest absolute Gasteiger partial charge is 0.409 e. The number of hydrogen-bond acceptors (Lipinski definition) is 5. The number of hydrogen-bond donors (Lipinski definition) is 1. The molecule has 0 radical (unpaired) electrons. The minimum atomic E-state index is -0.303.